The molecule has 1 unspecified atom stereocenters. The average molecular weight is 382 g/mol. The lowest BCUT2D eigenvalue weighted by Gasteiger charge is -2.24. The van der Waals surface area contributed by atoms with Gasteiger partial charge >= 0.3 is 12.1 Å². The summed E-state index contributed by atoms with van der Waals surface area (Å²) >= 11 is 3.33. The number of aliphatic hydroxyl groups excluding tert-OH is 1. The largest absolute Gasteiger partial charge is 0.496 e. The second-order valence-electron chi connectivity index (χ2n) is 5.06. The zero-order valence-corrected chi connectivity index (χ0v) is 13.4. The number of fused-ring (bicyclic) bond motifs is 1. The maximum Gasteiger partial charge on any atom is 0.471 e. The molecule has 1 atom stereocenters. The van der Waals surface area contributed by atoms with E-state index in [1.165, 1.54) is 7.11 Å². The first kappa shape index (κ1) is 17.1. The van der Waals surface area contributed by atoms with Crippen LogP contribution < -0.4 is 4.74 Å². The molecule has 1 aromatic rings. The van der Waals surface area contributed by atoms with Crippen molar-refractivity contribution in [2.24, 2.45) is 0 Å². The van der Waals surface area contributed by atoms with E-state index in [2.05, 4.69) is 15.9 Å². The molecule has 0 aliphatic carbocycles. The van der Waals surface area contributed by atoms with Crippen LogP contribution in [0.25, 0.3) is 0 Å². The standard InChI is InChI=1S/C14H15BrF3NO3/c1-22-12-4-8-2-3-19(13(21)14(16,17)18)6-9(7-20)10(8)5-11(12)15/h4-5,9,20H,2-3,6-7H2,1H3. The number of hydrogen-bond donors (Lipinski definition) is 1. The van der Waals surface area contributed by atoms with Crippen molar-refractivity contribution in [3.05, 3.63) is 27.7 Å². The highest BCUT2D eigenvalue weighted by molar-refractivity contribution is 9.10. The quantitative estimate of drug-likeness (QED) is 0.855. The Morgan fingerprint density at radius 2 is 2.18 bits per heavy atom. The van der Waals surface area contributed by atoms with Gasteiger partial charge in [-0.25, -0.2) is 0 Å². The first-order valence-electron chi connectivity index (χ1n) is 6.61. The van der Waals surface area contributed by atoms with E-state index in [9.17, 15) is 23.1 Å². The van der Waals surface area contributed by atoms with Gasteiger partial charge in [-0.3, -0.25) is 4.79 Å². The number of alkyl halides is 3. The molecule has 4 nitrogen and oxygen atoms in total. The van der Waals surface area contributed by atoms with Crippen LogP contribution in [0, 0.1) is 0 Å². The molecule has 1 aromatic carbocycles. The van der Waals surface area contributed by atoms with Gasteiger partial charge in [-0.05, 0) is 45.6 Å². The van der Waals surface area contributed by atoms with Crippen molar-refractivity contribution in [1.29, 1.82) is 0 Å². The van der Waals surface area contributed by atoms with Gasteiger partial charge in [0.1, 0.15) is 5.75 Å². The topological polar surface area (TPSA) is 49.8 Å². The first-order chi connectivity index (χ1) is 10.3. The van der Waals surface area contributed by atoms with Crippen molar-refractivity contribution in [2.75, 3.05) is 26.8 Å². The molecule has 122 valence electrons. The van der Waals surface area contributed by atoms with E-state index in [4.69, 9.17) is 4.74 Å². The molecule has 0 saturated carbocycles. The van der Waals surface area contributed by atoms with Crippen LogP contribution in [0.5, 0.6) is 5.75 Å². The van der Waals surface area contributed by atoms with Gasteiger partial charge < -0.3 is 14.7 Å². The number of benzene rings is 1. The summed E-state index contributed by atoms with van der Waals surface area (Å²) in [6.45, 7) is -0.555. The number of carbonyl (C=O) groups is 1. The minimum absolute atomic E-state index is 0.0490. The van der Waals surface area contributed by atoms with Crippen LogP contribution in [0.15, 0.2) is 16.6 Å². The lowest BCUT2D eigenvalue weighted by atomic mass is 9.94. The highest BCUT2D eigenvalue weighted by atomic mass is 79.9. The van der Waals surface area contributed by atoms with Gasteiger partial charge in [0.2, 0.25) is 0 Å². The Morgan fingerprint density at radius 3 is 2.73 bits per heavy atom. The van der Waals surface area contributed by atoms with Crippen LogP contribution >= 0.6 is 15.9 Å². The summed E-state index contributed by atoms with van der Waals surface area (Å²) in [5.41, 5.74) is 1.50. The van der Waals surface area contributed by atoms with Gasteiger partial charge in [0, 0.05) is 19.0 Å². The third kappa shape index (κ3) is 3.38. The molecular formula is C14H15BrF3NO3. The van der Waals surface area contributed by atoms with E-state index in [1.807, 2.05) is 0 Å². The number of rotatable bonds is 2. The van der Waals surface area contributed by atoms with Gasteiger partial charge in [-0.1, -0.05) is 0 Å². The number of amides is 1. The van der Waals surface area contributed by atoms with Crippen molar-refractivity contribution in [2.45, 2.75) is 18.5 Å². The summed E-state index contributed by atoms with van der Waals surface area (Å²) in [4.78, 5) is 12.2. The number of carbonyl (C=O) groups excluding carboxylic acids is 1. The van der Waals surface area contributed by atoms with E-state index in [-0.39, 0.29) is 26.1 Å². The lowest BCUT2D eigenvalue weighted by Crippen LogP contribution is -2.43. The smallest absolute Gasteiger partial charge is 0.471 e. The molecule has 1 aliphatic heterocycles. The van der Waals surface area contributed by atoms with Gasteiger partial charge in [0.05, 0.1) is 18.2 Å². The van der Waals surface area contributed by atoms with Gasteiger partial charge in [0.15, 0.2) is 0 Å². The summed E-state index contributed by atoms with van der Waals surface area (Å²) in [6.07, 6.45) is -4.63. The normalized spacial score (nSPS) is 18.6. The maximum atomic E-state index is 12.6. The SMILES string of the molecule is COc1cc2c(cc1Br)C(CO)CN(C(=O)C(F)(F)F)CC2. The molecule has 1 aliphatic rings. The minimum Gasteiger partial charge on any atom is -0.496 e. The highest BCUT2D eigenvalue weighted by Crippen LogP contribution is 2.35. The third-order valence-corrected chi connectivity index (χ3v) is 4.32. The van der Waals surface area contributed by atoms with Crippen LogP contribution in [0.4, 0.5) is 13.2 Å². The lowest BCUT2D eigenvalue weighted by molar-refractivity contribution is -0.185. The second-order valence-corrected chi connectivity index (χ2v) is 5.92. The van der Waals surface area contributed by atoms with E-state index in [0.717, 1.165) is 16.0 Å². The summed E-state index contributed by atoms with van der Waals surface area (Å²) < 4.78 is 43.7. The summed E-state index contributed by atoms with van der Waals surface area (Å²) in [6, 6.07) is 3.46. The van der Waals surface area contributed by atoms with Crippen LogP contribution in [-0.4, -0.2) is 48.9 Å². The van der Waals surface area contributed by atoms with Crippen molar-refractivity contribution in [1.82, 2.24) is 4.90 Å². The number of ether oxygens (including phenoxy) is 1. The van der Waals surface area contributed by atoms with Crippen LogP contribution in [0.1, 0.15) is 17.0 Å². The summed E-state index contributed by atoms with van der Waals surface area (Å²) in [7, 11) is 1.49. The van der Waals surface area contributed by atoms with Crippen LogP contribution in [0.2, 0.25) is 0 Å². The minimum atomic E-state index is -4.91. The van der Waals surface area contributed by atoms with Gasteiger partial charge in [0.25, 0.3) is 0 Å². The van der Waals surface area contributed by atoms with E-state index in [1.54, 1.807) is 12.1 Å². The Hall–Kier alpha value is -1.28. The Labute approximate surface area is 134 Å². The Kier molecular flexibility index (Phi) is 5.01. The molecule has 0 radical (unpaired) electrons. The van der Waals surface area contributed by atoms with E-state index < -0.39 is 18.0 Å². The molecule has 0 aromatic heterocycles. The molecular weight excluding hydrogens is 367 g/mol. The van der Waals surface area contributed by atoms with Gasteiger partial charge in [-0.15, -0.1) is 0 Å². The number of methoxy groups -OCH3 is 1. The zero-order valence-electron chi connectivity index (χ0n) is 11.8. The van der Waals surface area contributed by atoms with Gasteiger partial charge in [-0.2, -0.15) is 13.2 Å². The number of halogens is 4. The van der Waals surface area contributed by atoms with E-state index >= 15 is 0 Å². The molecule has 1 heterocycles. The number of hydrogen-bond acceptors (Lipinski definition) is 3. The van der Waals surface area contributed by atoms with Crippen molar-refractivity contribution >= 4 is 21.8 Å². The van der Waals surface area contributed by atoms with Crippen LogP contribution in [-0.2, 0) is 11.2 Å². The fraction of sp³-hybridized carbons (Fsp3) is 0.500. The Morgan fingerprint density at radius 1 is 1.50 bits per heavy atom. The molecule has 8 heteroatoms. The average Bonchev–Trinajstić information content (AvgIpc) is 2.63. The summed E-state index contributed by atoms with van der Waals surface area (Å²) in [5, 5.41) is 9.52. The van der Waals surface area contributed by atoms with Crippen molar-refractivity contribution < 1.29 is 27.8 Å². The fourth-order valence-electron chi connectivity index (χ4n) is 2.59. The molecule has 22 heavy (non-hydrogen) atoms. The molecule has 0 saturated heterocycles. The molecule has 0 spiro atoms. The molecule has 2 rings (SSSR count). The van der Waals surface area contributed by atoms with Crippen molar-refractivity contribution in [3.63, 3.8) is 0 Å². The Balaban J connectivity index is 2.36. The number of nitrogens with zero attached hydrogens (tertiary/aromatic N) is 1. The second kappa shape index (κ2) is 6.45. The predicted octanol–water partition coefficient (Wildman–Crippen LogP) is 2.48. The first-order valence-corrected chi connectivity index (χ1v) is 7.40. The zero-order chi connectivity index (χ0) is 16.5. The number of aliphatic hydroxyl groups is 1. The third-order valence-electron chi connectivity index (χ3n) is 3.70. The molecule has 1 amide bonds. The fourth-order valence-corrected chi connectivity index (χ4v) is 3.12. The van der Waals surface area contributed by atoms with E-state index in [0.29, 0.717) is 10.2 Å². The maximum absolute atomic E-state index is 12.6. The molecule has 0 bridgehead atoms. The summed E-state index contributed by atoms with van der Waals surface area (Å²) in [5.74, 6) is -1.87. The van der Waals surface area contributed by atoms with Crippen molar-refractivity contribution in [3.8, 4) is 5.75 Å². The molecule has 1 N–H and O–H groups in total. The Bertz CT molecular complexity index is 577. The predicted molar refractivity (Wildman–Crippen MR) is 76.9 cm³/mol. The molecule has 0 fully saturated rings. The van der Waals surface area contributed by atoms with Crippen LogP contribution in [0.3, 0.4) is 0 Å². The highest BCUT2D eigenvalue weighted by Gasteiger charge is 2.43. The monoisotopic (exact) mass is 381 g/mol.